The zero-order valence-electron chi connectivity index (χ0n) is 10.2. The van der Waals surface area contributed by atoms with Crippen LogP contribution in [0.15, 0.2) is 6.07 Å². The summed E-state index contributed by atoms with van der Waals surface area (Å²) in [6.45, 7) is 3.37. The second kappa shape index (κ2) is 6.40. The summed E-state index contributed by atoms with van der Waals surface area (Å²) in [6.07, 6.45) is -4.98. The number of hydrogen-bond donors (Lipinski definition) is 0. The van der Waals surface area contributed by atoms with Crippen LogP contribution in [0.2, 0.25) is 0 Å². The summed E-state index contributed by atoms with van der Waals surface area (Å²) in [5.74, 6) is -0.906. The molecular formula is C11H11F3INO3. The predicted octanol–water partition coefficient (Wildman–Crippen LogP) is 3.00. The molecule has 1 aromatic heterocycles. The van der Waals surface area contributed by atoms with E-state index in [1.807, 2.05) is 0 Å². The lowest BCUT2D eigenvalue weighted by atomic mass is 10.2. The molecule has 1 rings (SSSR count). The van der Waals surface area contributed by atoms with E-state index in [0.717, 1.165) is 0 Å². The lowest BCUT2D eigenvalue weighted by Crippen LogP contribution is -2.19. The summed E-state index contributed by atoms with van der Waals surface area (Å²) in [5, 5.41) is 0. The summed E-state index contributed by atoms with van der Waals surface area (Å²) >= 11 is 1.66. The van der Waals surface area contributed by atoms with Gasteiger partial charge in [-0.2, -0.15) is 0 Å². The highest BCUT2D eigenvalue weighted by atomic mass is 127. The van der Waals surface area contributed by atoms with Gasteiger partial charge in [0.25, 0.3) is 0 Å². The van der Waals surface area contributed by atoms with E-state index >= 15 is 0 Å². The van der Waals surface area contributed by atoms with Crippen molar-refractivity contribution >= 4 is 28.6 Å². The smallest absolute Gasteiger partial charge is 0.466 e. The van der Waals surface area contributed by atoms with E-state index in [-0.39, 0.29) is 28.0 Å². The number of esters is 1. The van der Waals surface area contributed by atoms with Gasteiger partial charge in [-0.05, 0) is 36.4 Å². The standard InChI is InChI=1S/C11H11F3INO3/c1-3-18-9(17)5-7-10(15)8(4-6(2)16-7)19-11(12,13)14/h4H,3,5H2,1-2H3. The molecule has 0 N–H and O–H groups in total. The van der Waals surface area contributed by atoms with Crippen molar-refractivity contribution in [2.45, 2.75) is 26.6 Å². The van der Waals surface area contributed by atoms with Crippen molar-refractivity contribution < 1.29 is 27.4 Å². The molecule has 19 heavy (non-hydrogen) atoms. The molecule has 0 bridgehead atoms. The Kier molecular flexibility index (Phi) is 5.39. The predicted molar refractivity (Wildman–Crippen MR) is 68.7 cm³/mol. The quantitative estimate of drug-likeness (QED) is 0.587. The molecule has 0 saturated carbocycles. The highest BCUT2D eigenvalue weighted by Gasteiger charge is 2.32. The van der Waals surface area contributed by atoms with Gasteiger partial charge in [0.15, 0.2) is 0 Å². The fraction of sp³-hybridized carbons (Fsp3) is 0.455. The van der Waals surface area contributed by atoms with Crippen LogP contribution in [0.25, 0.3) is 0 Å². The third kappa shape index (κ3) is 5.21. The molecule has 0 aromatic carbocycles. The number of hydrogen-bond acceptors (Lipinski definition) is 4. The van der Waals surface area contributed by atoms with Crippen LogP contribution in [-0.2, 0) is 16.0 Å². The van der Waals surface area contributed by atoms with Gasteiger partial charge in [-0.15, -0.1) is 13.2 Å². The second-order valence-electron chi connectivity index (χ2n) is 3.55. The molecule has 1 heterocycles. The first-order valence-corrected chi connectivity index (χ1v) is 6.38. The van der Waals surface area contributed by atoms with E-state index in [2.05, 4.69) is 9.72 Å². The van der Waals surface area contributed by atoms with Gasteiger partial charge in [0.2, 0.25) is 0 Å². The van der Waals surface area contributed by atoms with Crippen LogP contribution < -0.4 is 4.74 Å². The molecule has 8 heteroatoms. The molecule has 0 aliphatic rings. The lowest BCUT2D eigenvalue weighted by Gasteiger charge is -2.13. The Morgan fingerprint density at radius 1 is 1.47 bits per heavy atom. The second-order valence-corrected chi connectivity index (χ2v) is 4.63. The van der Waals surface area contributed by atoms with Crippen molar-refractivity contribution in [3.63, 3.8) is 0 Å². The minimum atomic E-state index is -4.78. The number of nitrogens with zero attached hydrogens (tertiary/aromatic N) is 1. The summed E-state index contributed by atoms with van der Waals surface area (Å²) in [7, 11) is 0. The Morgan fingerprint density at radius 3 is 2.63 bits per heavy atom. The van der Waals surface area contributed by atoms with Crippen molar-refractivity contribution in [2.75, 3.05) is 6.61 Å². The number of pyridine rings is 1. The Hall–Kier alpha value is -1.06. The Balaban J connectivity index is 3.03. The van der Waals surface area contributed by atoms with Crippen LogP contribution in [0.1, 0.15) is 18.3 Å². The first-order valence-electron chi connectivity index (χ1n) is 5.30. The van der Waals surface area contributed by atoms with E-state index < -0.39 is 12.3 Å². The van der Waals surface area contributed by atoms with Crippen molar-refractivity contribution in [2.24, 2.45) is 0 Å². The number of alkyl halides is 3. The van der Waals surface area contributed by atoms with Gasteiger partial charge in [0, 0.05) is 11.8 Å². The van der Waals surface area contributed by atoms with Gasteiger partial charge >= 0.3 is 12.3 Å². The first kappa shape index (κ1) is 16.0. The topological polar surface area (TPSA) is 48.4 Å². The molecule has 0 radical (unpaired) electrons. The number of carbonyl (C=O) groups excluding carboxylic acids is 1. The number of ether oxygens (including phenoxy) is 2. The monoisotopic (exact) mass is 389 g/mol. The average Bonchev–Trinajstić information content (AvgIpc) is 2.23. The fourth-order valence-corrected chi connectivity index (χ4v) is 1.93. The fourth-order valence-electron chi connectivity index (χ4n) is 1.35. The number of aromatic nitrogens is 1. The van der Waals surface area contributed by atoms with E-state index in [0.29, 0.717) is 5.69 Å². The SMILES string of the molecule is CCOC(=O)Cc1nc(C)cc(OC(F)(F)F)c1I. The molecule has 1 aromatic rings. The van der Waals surface area contributed by atoms with Crippen molar-refractivity contribution in [3.05, 3.63) is 21.0 Å². The average molecular weight is 389 g/mol. The molecule has 0 fully saturated rings. The van der Waals surface area contributed by atoms with E-state index in [4.69, 9.17) is 4.74 Å². The summed E-state index contributed by atoms with van der Waals surface area (Å²) in [4.78, 5) is 15.4. The van der Waals surface area contributed by atoms with Gasteiger partial charge < -0.3 is 9.47 Å². The van der Waals surface area contributed by atoms with Crippen molar-refractivity contribution in [1.82, 2.24) is 4.98 Å². The highest BCUT2D eigenvalue weighted by molar-refractivity contribution is 14.1. The van der Waals surface area contributed by atoms with E-state index in [1.165, 1.54) is 13.0 Å². The number of halogens is 4. The minimum absolute atomic E-state index is 0.147. The Morgan fingerprint density at radius 2 is 2.11 bits per heavy atom. The molecule has 0 amide bonds. The zero-order chi connectivity index (χ0) is 14.6. The summed E-state index contributed by atoms with van der Waals surface area (Å²) in [6, 6.07) is 1.17. The summed E-state index contributed by atoms with van der Waals surface area (Å²) < 4.78 is 45.5. The molecular weight excluding hydrogens is 378 g/mol. The first-order chi connectivity index (χ1) is 8.73. The van der Waals surface area contributed by atoms with Crippen LogP contribution in [0, 0.1) is 10.5 Å². The van der Waals surface area contributed by atoms with Gasteiger partial charge in [0.05, 0.1) is 22.3 Å². The van der Waals surface area contributed by atoms with Crippen LogP contribution in [0.3, 0.4) is 0 Å². The van der Waals surface area contributed by atoms with Crippen LogP contribution in [0.5, 0.6) is 5.75 Å². The third-order valence-corrected chi connectivity index (χ3v) is 3.12. The number of aryl methyl sites for hydroxylation is 1. The van der Waals surface area contributed by atoms with Crippen LogP contribution in [0.4, 0.5) is 13.2 Å². The molecule has 0 atom stereocenters. The van der Waals surface area contributed by atoms with E-state index in [9.17, 15) is 18.0 Å². The third-order valence-electron chi connectivity index (χ3n) is 1.96. The summed E-state index contributed by atoms with van der Waals surface area (Å²) in [5.41, 5.74) is 0.539. The molecule has 4 nitrogen and oxygen atoms in total. The highest BCUT2D eigenvalue weighted by Crippen LogP contribution is 2.30. The van der Waals surface area contributed by atoms with Gasteiger partial charge in [-0.3, -0.25) is 9.78 Å². The van der Waals surface area contributed by atoms with Gasteiger partial charge in [-0.1, -0.05) is 0 Å². The Bertz CT molecular complexity index is 477. The molecule has 106 valence electrons. The van der Waals surface area contributed by atoms with Gasteiger partial charge in [-0.25, -0.2) is 0 Å². The van der Waals surface area contributed by atoms with Crippen LogP contribution >= 0.6 is 22.6 Å². The molecule has 0 aliphatic carbocycles. The molecule has 0 spiro atoms. The molecule has 0 saturated heterocycles. The molecule has 0 unspecified atom stereocenters. The van der Waals surface area contributed by atoms with E-state index in [1.54, 1.807) is 29.5 Å². The minimum Gasteiger partial charge on any atom is -0.466 e. The zero-order valence-corrected chi connectivity index (χ0v) is 12.3. The van der Waals surface area contributed by atoms with Gasteiger partial charge in [0.1, 0.15) is 5.75 Å². The van der Waals surface area contributed by atoms with Crippen molar-refractivity contribution in [1.29, 1.82) is 0 Å². The number of rotatable bonds is 4. The normalized spacial score (nSPS) is 11.3. The number of carbonyl (C=O) groups is 1. The maximum absolute atomic E-state index is 12.2. The lowest BCUT2D eigenvalue weighted by molar-refractivity contribution is -0.275. The largest absolute Gasteiger partial charge is 0.573 e. The Labute approximate surface area is 121 Å². The van der Waals surface area contributed by atoms with Crippen molar-refractivity contribution in [3.8, 4) is 5.75 Å². The maximum atomic E-state index is 12.2. The van der Waals surface area contributed by atoms with Crippen LogP contribution in [-0.4, -0.2) is 23.9 Å². The molecule has 0 aliphatic heterocycles. The maximum Gasteiger partial charge on any atom is 0.573 e.